The van der Waals surface area contributed by atoms with E-state index < -0.39 is 10.0 Å². The summed E-state index contributed by atoms with van der Waals surface area (Å²) in [6, 6.07) is 17.5. The molecule has 3 rings (SSSR count). The van der Waals surface area contributed by atoms with Gasteiger partial charge in [0.15, 0.2) is 0 Å². The zero-order valence-electron chi connectivity index (χ0n) is 15.4. The van der Waals surface area contributed by atoms with Gasteiger partial charge < -0.3 is 5.32 Å². The largest absolute Gasteiger partial charge is 0.348 e. The van der Waals surface area contributed by atoms with Gasteiger partial charge in [-0.2, -0.15) is 0 Å². The van der Waals surface area contributed by atoms with Gasteiger partial charge in [0.2, 0.25) is 10.0 Å². The number of nitrogens with one attached hydrogen (secondary N) is 2. The van der Waals surface area contributed by atoms with Crippen LogP contribution in [0.2, 0.25) is 0 Å². The highest BCUT2D eigenvalue weighted by atomic mass is 32.2. The number of aromatic nitrogens is 1. The van der Waals surface area contributed by atoms with Crippen LogP contribution in [0.5, 0.6) is 0 Å². The lowest BCUT2D eigenvalue weighted by Crippen LogP contribution is -2.25. The smallest absolute Gasteiger partial charge is 0.253 e. The van der Waals surface area contributed by atoms with E-state index in [2.05, 4.69) is 15.0 Å². The summed E-state index contributed by atoms with van der Waals surface area (Å²) in [5.41, 5.74) is 3.10. The third-order valence-corrected chi connectivity index (χ3v) is 5.33. The fraction of sp³-hybridized carbons (Fsp3) is 0.143. The molecule has 0 radical (unpaired) electrons. The van der Waals surface area contributed by atoms with Gasteiger partial charge in [-0.1, -0.05) is 48.0 Å². The van der Waals surface area contributed by atoms with E-state index in [0.29, 0.717) is 12.1 Å². The molecule has 1 aromatic heterocycles. The normalized spacial score (nSPS) is 11.0. The molecule has 2 N–H and O–H groups in total. The van der Waals surface area contributed by atoms with Crippen molar-refractivity contribution < 1.29 is 13.2 Å². The molecule has 2 aromatic carbocycles. The summed E-state index contributed by atoms with van der Waals surface area (Å²) < 4.78 is 27.6. The molecule has 1 heterocycles. The van der Waals surface area contributed by atoms with Crippen molar-refractivity contribution >= 4 is 21.6 Å². The SMILES string of the molecule is Cc1ccc(CS(=O)(=O)Nc2ccccc2C(=O)NCc2cccnc2)cc1. The monoisotopic (exact) mass is 395 g/mol. The lowest BCUT2D eigenvalue weighted by molar-refractivity contribution is 0.0952. The van der Waals surface area contributed by atoms with E-state index in [1.165, 1.54) is 0 Å². The van der Waals surface area contributed by atoms with Gasteiger partial charge in [-0.15, -0.1) is 0 Å². The van der Waals surface area contributed by atoms with Crippen LogP contribution in [0.25, 0.3) is 0 Å². The number of benzene rings is 2. The lowest BCUT2D eigenvalue weighted by atomic mass is 10.1. The van der Waals surface area contributed by atoms with Gasteiger partial charge in [-0.3, -0.25) is 14.5 Å². The van der Waals surface area contributed by atoms with E-state index in [1.54, 1.807) is 54.9 Å². The zero-order valence-corrected chi connectivity index (χ0v) is 16.2. The first kappa shape index (κ1) is 19.6. The number of rotatable bonds is 7. The van der Waals surface area contributed by atoms with Gasteiger partial charge >= 0.3 is 0 Å². The fourth-order valence-electron chi connectivity index (χ4n) is 2.66. The fourth-order valence-corrected chi connectivity index (χ4v) is 3.87. The lowest BCUT2D eigenvalue weighted by Gasteiger charge is -2.13. The van der Waals surface area contributed by atoms with Crippen molar-refractivity contribution in [3.63, 3.8) is 0 Å². The first-order valence-electron chi connectivity index (χ1n) is 8.75. The minimum Gasteiger partial charge on any atom is -0.348 e. The average molecular weight is 395 g/mol. The Labute approximate surface area is 164 Å². The van der Waals surface area contributed by atoms with E-state index in [1.807, 2.05) is 25.1 Å². The Morgan fingerprint density at radius 1 is 0.964 bits per heavy atom. The maximum absolute atomic E-state index is 12.6. The van der Waals surface area contributed by atoms with Crippen molar-refractivity contribution in [1.29, 1.82) is 0 Å². The van der Waals surface area contributed by atoms with E-state index >= 15 is 0 Å². The first-order chi connectivity index (χ1) is 13.4. The molecule has 0 bridgehead atoms. The van der Waals surface area contributed by atoms with E-state index in [4.69, 9.17) is 0 Å². The molecule has 7 heteroatoms. The van der Waals surface area contributed by atoms with E-state index in [-0.39, 0.29) is 22.9 Å². The number of para-hydroxylation sites is 1. The Hall–Kier alpha value is -3.19. The summed E-state index contributed by atoms with van der Waals surface area (Å²) in [5.74, 6) is -0.531. The molecule has 0 saturated carbocycles. The van der Waals surface area contributed by atoms with Crippen molar-refractivity contribution in [2.45, 2.75) is 19.2 Å². The molecule has 3 aromatic rings. The number of carbonyl (C=O) groups is 1. The van der Waals surface area contributed by atoms with Crippen LogP contribution in [0, 0.1) is 6.92 Å². The number of hydrogen-bond donors (Lipinski definition) is 2. The highest BCUT2D eigenvalue weighted by molar-refractivity contribution is 7.91. The van der Waals surface area contributed by atoms with Crippen LogP contribution < -0.4 is 10.0 Å². The summed E-state index contributed by atoms with van der Waals surface area (Å²) in [6.07, 6.45) is 3.32. The Bertz CT molecular complexity index is 1050. The first-order valence-corrected chi connectivity index (χ1v) is 10.4. The molecule has 0 fully saturated rings. The van der Waals surface area contributed by atoms with Crippen molar-refractivity contribution in [1.82, 2.24) is 10.3 Å². The molecule has 144 valence electrons. The number of amides is 1. The molecule has 0 saturated heterocycles. The molecular formula is C21H21N3O3S. The standard InChI is InChI=1S/C21H21N3O3S/c1-16-8-10-17(11-9-16)15-28(26,27)24-20-7-3-2-6-19(20)21(25)23-14-18-5-4-12-22-13-18/h2-13,24H,14-15H2,1H3,(H,23,25). The Balaban J connectivity index is 1.72. The van der Waals surface area contributed by atoms with Gasteiger partial charge in [-0.25, -0.2) is 8.42 Å². The summed E-state index contributed by atoms with van der Waals surface area (Å²) >= 11 is 0. The number of sulfonamides is 1. The van der Waals surface area contributed by atoms with Crippen LogP contribution in [0.1, 0.15) is 27.0 Å². The maximum atomic E-state index is 12.6. The molecule has 6 nitrogen and oxygen atoms in total. The molecule has 1 amide bonds. The number of hydrogen-bond acceptors (Lipinski definition) is 4. The highest BCUT2D eigenvalue weighted by Crippen LogP contribution is 2.18. The minimum absolute atomic E-state index is 0.168. The van der Waals surface area contributed by atoms with Crippen molar-refractivity contribution in [3.8, 4) is 0 Å². The Morgan fingerprint density at radius 3 is 2.43 bits per heavy atom. The average Bonchev–Trinajstić information content (AvgIpc) is 2.68. The van der Waals surface area contributed by atoms with Crippen LogP contribution in [0.4, 0.5) is 5.69 Å². The molecule has 0 atom stereocenters. The van der Waals surface area contributed by atoms with Gasteiger partial charge in [0, 0.05) is 18.9 Å². The van der Waals surface area contributed by atoms with Crippen LogP contribution in [0.3, 0.4) is 0 Å². The molecular weight excluding hydrogens is 374 g/mol. The second-order valence-corrected chi connectivity index (χ2v) is 8.16. The predicted molar refractivity (Wildman–Crippen MR) is 109 cm³/mol. The number of carbonyl (C=O) groups excluding carboxylic acids is 1. The molecule has 0 spiro atoms. The maximum Gasteiger partial charge on any atom is 0.253 e. The molecule has 0 aliphatic rings. The Kier molecular flexibility index (Phi) is 6.06. The van der Waals surface area contributed by atoms with Crippen LogP contribution >= 0.6 is 0 Å². The van der Waals surface area contributed by atoms with Crippen molar-refractivity contribution in [2.75, 3.05) is 4.72 Å². The summed E-state index contributed by atoms with van der Waals surface area (Å²) in [4.78, 5) is 16.6. The minimum atomic E-state index is -3.66. The third-order valence-electron chi connectivity index (χ3n) is 4.09. The number of aryl methyl sites for hydroxylation is 1. The van der Waals surface area contributed by atoms with E-state index in [0.717, 1.165) is 11.1 Å². The molecule has 0 aliphatic carbocycles. The predicted octanol–water partition coefficient (Wildman–Crippen LogP) is 3.26. The number of anilines is 1. The number of pyridine rings is 1. The quantitative estimate of drug-likeness (QED) is 0.643. The Morgan fingerprint density at radius 2 is 1.71 bits per heavy atom. The summed E-state index contributed by atoms with van der Waals surface area (Å²) in [7, 11) is -3.66. The highest BCUT2D eigenvalue weighted by Gasteiger charge is 2.17. The zero-order chi connectivity index (χ0) is 20.0. The second-order valence-electron chi connectivity index (χ2n) is 6.44. The van der Waals surface area contributed by atoms with Gasteiger partial charge in [0.1, 0.15) is 0 Å². The van der Waals surface area contributed by atoms with Crippen LogP contribution in [0.15, 0.2) is 73.1 Å². The van der Waals surface area contributed by atoms with Crippen LogP contribution in [-0.4, -0.2) is 19.3 Å². The molecule has 0 aliphatic heterocycles. The topological polar surface area (TPSA) is 88.2 Å². The second kappa shape index (κ2) is 8.67. The van der Waals surface area contributed by atoms with Crippen molar-refractivity contribution in [3.05, 3.63) is 95.3 Å². The van der Waals surface area contributed by atoms with Gasteiger partial charge in [0.25, 0.3) is 5.91 Å². The molecule has 0 unspecified atom stereocenters. The van der Waals surface area contributed by atoms with E-state index in [9.17, 15) is 13.2 Å². The van der Waals surface area contributed by atoms with Crippen LogP contribution in [-0.2, 0) is 22.3 Å². The summed E-state index contributed by atoms with van der Waals surface area (Å²) in [6.45, 7) is 2.24. The molecule has 28 heavy (non-hydrogen) atoms. The van der Waals surface area contributed by atoms with Crippen molar-refractivity contribution in [2.24, 2.45) is 0 Å². The summed E-state index contributed by atoms with van der Waals surface area (Å²) in [5, 5.41) is 2.78. The number of nitrogens with zero attached hydrogens (tertiary/aromatic N) is 1. The van der Waals surface area contributed by atoms with Gasteiger partial charge in [-0.05, 0) is 36.2 Å². The third kappa shape index (κ3) is 5.40. The van der Waals surface area contributed by atoms with Gasteiger partial charge in [0.05, 0.1) is 17.0 Å².